The summed E-state index contributed by atoms with van der Waals surface area (Å²) < 4.78 is 41.5. The van der Waals surface area contributed by atoms with E-state index in [-0.39, 0.29) is 10.8 Å². The molecule has 1 heterocycles. The molecule has 1 atom stereocenters. The highest BCUT2D eigenvalue weighted by atomic mass is 35.7. The number of rotatable bonds is 1. The van der Waals surface area contributed by atoms with Crippen molar-refractivity contribution >= 4 is 26.0 Å². The predicted molar refractivity (Wildman–Crippen MR) is 83.5 cm³/mol. The van der Waals surface area contributed by atoms with Crippen LogP contribution in [0.2, 0.25) is 0 Å². The monoisotopic (exact) mass is 334 g/mol. The van der Waals surface area contributed by atoms with Crippen molar-refractivity contribution in [3.63, 3.8) is 0 Å². The van der Waals surface area contributed by atoms with Gasteiger partial charge in [-0.15, -0.1) is 0 Å². The van der Waals surface area contributed by atoms with Crippen LogP contribution in [0.3, 0.4) is 0 Å². The Morgan fingerprint density at radius 3 is 2.43 bits per heavy atom. The van der Waals surface area contributed by atoms with Crippen LogP contribution < -0.4 is 0 Å². The molecule has 0 N–H and O–H groups in total. The summed E-state index contributed by atoms with van der Waals surface area (Å²) in [5.74, 6) is -0.0142. The molecule has 1 aliphatic carbocycles. The SMILES string of the molecule is Cc1cccc2c1C=C(C1CCCCC1)S2(Cl)C(F)(F)F. The largest absolute Gasteiger partial charge is 0.445 e. The number of hydrogen-bond acceptors (Lipinski definition) is 0. The van der Waals surface area contributed by atoms with Crippen molar-refractivity contribution in [2.75, 3.05) is 0 Å². The topological polar surface area (TPSA) is 0 Å². The summed E-state index contributed by atoms with van der Waals surface area (Å²) in [7, 11) is 2.93. The number of allylic oxidation sites excluding steroid dienone is 1. The average molecular weight is 335 g/mol. The molecule has 0 nitrogen and oxygen atoms in total. The van der Waals surface area contributed by atoms with E-state index in [1.165, 1.54) is 0 Å². The van der Waals surface area contributed by atoms with Gasteiger partial charge >= 0.3 is 5.51 Å². The molecule has 0 bridgehead atoms. The first-order chi connectivity index (χ1) is 9.85. The smallest absolute Gasteiger partial charge is 0.160 e. The molecule has 1 unspecified atom stereocenters. The van der Waals surface area contributed by atoms with Crippen molar-refractivity contribution in [1.29, 1.82) is 0 Å². The summed E-state index contributed by atoms with van der Waals surface area (Å²) in [6.07, 6.45) is 6.53. The molecule has 3 rings (SSSR count). The van der Waals surface area contributed by atoms with E-state index in [0.717, 1.165) is 37.7 Å². The second-order valence-electron chi connectivity index (χ2n) is 5.85. The van der Waals surface area contributed by atoms with Gasteiger partial charge in [0.05, 0.1) is 0 Å². The molecular weight excluding hydrogens is 317 g/mol. The highest BCUT2D eigenvalue weighted by molar-refractivity contribution is 8.54. The van der Waals surface area contributed by atoms with Crippen LogP contribution in [0.5, 0.6) is 0 Å². The maximum absolute atomic E-state index is 13.8. The Morgan fingerprint density at radius 2 is 1.81 bits per heavy atom. The molecule has 0 saturated heterocycles. The Labute approximate surface area is 129 Å². The normalized spacial score (nSPS) is 29.7. The summed E-state index contributed by atoms with van der Waals surface area (Å²) in [6, 6.07) is 5.10. The van der Waals surface area contributed by atoms with E-state index in [0.29, 0.717) is 10.5 Å². The van der Waals surface area contributed by atoms with E-state index in [2.05, 4.69) is 0 Å². The van der Waals surface area contributed by atoms with Crippen molar-refractivity contribution in [1.82, 2.24) is 0 Å². The molecule has 21 heavy (non-hydrogen) atoms. The Kier molecular flexibility index (Phi) is 3.81. The summed E-state index contributed by atoms with van der Waals surface area (Å²) in [5.41, 5.74) is -2.82. The van der Waals surface area contributed by atoms with Gasteiger partial charge in [0, 0.05) is 4.90 Å². The number of hydrogen-bond donors (Lipinski definition) is 0. The second-order valence-corrected chi connectivity index (χ2v) is 9.69. The van der Waals surface area contributed by atoms with Gasteiger partial charge in [0.15, 0.2) is 0 Å². The van der Waals surface area contributed by atoms with E-state index < -0.39 is 14.7 Å². The van der Waals surface area contributed by atoms with Gasteiger partial charge in [-0.25, -0.2) is 0 Å². The fraction of sp³-hybridized carbons (Fsp3) is 0.500. The van der Waals surface area contributed by atoms with Crippen molar-refractivity contribution in [2.24, 2.45) is 5.92 Å². The van der Waals surface area contributed by atoms with E-state index in [1.54, 1.807) is 18.2 Å². The van der Waals surface area contributed by atoms with Gasteiger partial charge in [-0.2, -0.15) is 13.2 Å². The van der Waals surface area contributed by atoms with E-state index >= 15 is 0 Å². The molecule has 116 valence electrons. The third-order valence-corrected chi connectivity index (χ3v) is 8.78. The van der Waals surface area contributed by atoms with Gasteiger partial charge in [-0.05, 0) is 73.8 Å². The van der Waals surface area contributed by atoms with Crippen molar-refractivity contribution in [2.45, 2.75) is 49.4 Å². The molecule has 0 radical (unpaired) electrons. The minimum Gasteiger partial charge on any atom is -0.160 e. The van der Waals surface area contributed by atoms with Gasteiger partial charge in [0.2, 0.25) is 0 Å². The lowest BCUT2D eigenvalue weighted by Gasteiger charge is -2.38. The summed E-state index contributed by atoms with van der Waals surface area (Å²) >= 11 is 0. The first-order valence-corrected chi connectivity index (χ1v) is 9.72. The second kappa shape index (κ2) is 5.24. The zero-order chi connectivity index (χ0) is 15.3. The lowest BCUT2D eigenvalue weighted by molar-refractivity contribution is -0.0361. The van der Waals surface area contributed by atoms with Crippen LogP contribution in [0.4, 0.5) is 13.2 Å². The van der Waals surface area contributed by atoms with Crippen LogP contribution in [0.15, 0.2) is 28.0 Å². The van der Waals surface area contributed by atoms with Gasteiger partial charge in [0.25, 0.3) is 0 Å². The van der Waals surface area contributed by atoms with Crippen LogP contribution >= 0.6 is 19.9 Å². The molecule has 2 aliphatic rings. The summed E-state index contributed by atoms with van der Waals surface area (Å²) in [5, 5.41) is 0. The van der Waals surface area contributed by atoms with Crippen LogP contribution in [-0.4, -0.2) is 5.51 Å². The molecule has 1 aliphatic heterocycles. The molecule has 5 heteroatoms. The zero-order valence-corrected chi connectivity index (χ0v) is 13.4. The lowest BCUT2D eigenvalue weighted by Crippen LogP contribution is -2.21. The van der Waals surface area contributed by atoms with Gasteiger partial charge < -0.3 is 0 Å². The van der Waals surface area contributed by atoms with Gasteiger partial charge in [-0.3, -0.25) is 0 Å². The fourth-order valence-corrected chi connectivity index (χ4v) is 6.88. The zero-order valence-electron chi connectivity index (χ0n) is 11.8. The van der Waals surface area contributed by atoms with E-state index in [9.17, 15) is 13.2 Å². The Hall–Kier alpha value is -0.610. The minimum absolute atomic E-state index is 0.0142. The predicted octanol–water partition coefficient (Wildman–Crippen LogP) is 6.77. The molecule has 1 aromatic carbocycles. The highest BCUT2D eigenvalue weighted by Crippen LogP contribution is 2.81. The Balaban J connectivity index is 2.14. The molecule has 1 saturated carbocycles. The Bertz CT molecular complexity index is 588. The molecule has 1 aromatic rings. The third kappa shape index (κ3) is 2.31. The molecule has 0 amide bonds. The molecule has 0 spiro atoms. The van der Waals surface area contributed by atoms with Gasteiger partial charge in [-0.1, -0.05) is 31.4 Å². The van der Waals surface area contributed by atoms with Crippen molar-refractivity contribution in [3.05, 3.63) is 34.2 Å². The summed E-state index contributed by atoms with van der Waals surface area (Å²) in [4.78, 5) is 0.734. The fourth-order valence-electron chi connectivity index (χ4n) is 3.43. The highest BCUT2D eigenvalue weighted by Gasteiger charge is 2.57. The van der Waals surface area contributed by atoms with Crippen LogP contribution in [-0.2, 0) is 0 Å². The van der Waals surface area contributed by atoms with Crippen molar-refractivity contribution < 1.29 is 13.2 Å². The maximum Gasteiger partial charge on any atom is 0.445 e. The standard InChI is InChI=1S/C16H18ClF3S/c1-11-6-5-9-14-13(11)10-15(12-7-3-2-4-8-12)21(14,17)16(18,19)20/h5-6,9-10,12H,2-4,7-8H2,1H3. The summed E-state index contributed by atoms with van der Waals surface area (Å²) in [6.45, 7) is 1.85. The maximum atomic E-state index is 13.8. The quantitative estimate of drug-likeness (QED) is 0.531. The number of aryl methyl sites for hydroxylation is 1. The lowest BCUT2D eigenvalue weighted by atomic mass is 9.88. The third-order valence-electron chi connectivity index (χ3n) is 4.53. The average Bonchev–Trinajstić information content (AvgIpc) is 2.76. The molecule has 0 aromatic heterocycles. The van der Waals surface area contributed by atoms with Crippen LogP contribution in [0.1, 0.15) is 43.2 Å². The number of benzene rings is 1. The number of fused-ring (bicyclic) bond motifs is 1. The first kappa shape index (κ1) is 15.3. The molecular formula is C16H18ClF3S. The Morgan fingerprint density at radius 1 is 1.14 bits per heavy atom. The molecule has 1 fully saturated rings. The van der Waals surface area contributed by atoms with Crippen LogP contribution in [0, 0.1) is 12.8 Å². The minimum atomic E-state index is -4.39. The van der Waals surface area contributed by atoms with Gasteiger partial charge in [0.1, 0.15) is 0 Å². The van der Waals surface area contributed by atoms with E-state index in [1.807, 2.05) is 13.0 Å². The van der Waals surface area contributed by atoms with Crippen molar-refractivity contribution in [3.8, 4) is 0 Å². The first-order valence-electron chi connectivity index (χ1n) is 7.26. The number of halogens is 4. The van der Waals surface area contributed by atoms with E-state index in [4.69, 9.17) is 10.7 Å². The van der Waals surface area contributed by atoms with Crippen LogP contribution in [0.25, 0.3) is 6.08 Å². The number of alkyl halides is 3.